The van der Waals surface area contributed by atoms with E-state index in [9.17, 15) is 18.0 Å². The Bertz CT molecular complexity index is 1180. The van der Waals surface area contributed by atoms with Gasteiger partial charge in [-0.25, -0.2) is 4.98 Å². The van der Waals surface area contributed by atoms with Crippen LogP contribution in [0.4, 0.5) is 18.9 Å². The fourth-order valence-electron chi connectivity index (χ4n) is 2.84. The molecule has 0 atom stereocenters. The maximum Gasteiger partial charge on any atom is 0.417 e. The van der Waals surface area contributed by atoms with E-state index in [-0.39, 0.29) is 5.69 Å². The smallest absolute Gasteiger partial charge is 0.359 e. The number of anilines is 1. The number of carbonyl (C=O) groups is 1. The van der Waals surface area contributed by atoms with Gasteiger partial charge in [-0.3, -0.25) is 4.79 Å². The molecule has 2 aromatic heterocycles. The minimum Gasteiger partial charge on any atom is -0.359 e. The number of aromatic nitrogens is 3. The van der Waals surface area contributed by atoms with E-state index in [1.54, 1.807) is 6.20 Å². The molecule has 0 aliphatic carbocycles. The summed E-state index contributed by atoms with van der Waals surface area (Å²) in [4.78, 5) is 19.6. The molecule has 1 amide bonds. The number of carbonyl (C=O) groups excluding carboxylic acids is 1. The highest BCUT2D eigenvalue weighted by atomic mass is 35.5. The summed E-state index contributed by atoms with van der Waals surface area (Å²) in [5, 5.41) is 3.19. The number of nitrogens with zero attached hydrogens (tertiary/aromatic N) is 2. The van der Waals surface area contributed by atoms with Crippen molar-refractivity contribution in [3.05, 3.63) is 77.5 Å². The molecule has 0 saturated carbocycles. The van der Waals surface area contributed by atoms with Crippen molar-refractivity contribution in [3.63, 3.8) is 0 Å². The van der Waals surface area contributed by atoms with Crippen LogP contribution in [0.5, 0.6) is 0 Å². The summed E-state index contributed by atoms with van der Waals surface area (Å²) in [5.41, 5.74) is 1.03. The van der Waals surface area contributed by atoms with Crippen LogP contribution in [-0.4, -0.2) is 20.4 Å². The van der Waals surface area contributed by atoms with Crippen molar-refractivity contribution in [2.75, 3.05) is 5.32 Å². The molecule has 0 fully saturated rings. The molecule has 2 N–H and O–H groups in total. The van der Waals surface area contributed by atoms with E-state index in [0.717, 1.165) is 17.0 Å². The number of aromatic amines is 1. The van der Waals surface area contributed by atoms with E-state index in [1.165, 1.54) is 29.2 Å². The second-order valence-corrected chi connectivity index (χ2v) is 6.44. The molecule has 0 radical (unpaired) electrons. The van der Waals surface area contributed by atoms with Crippen molar-refractivity contribution in [1.82, 2.24) is 14.5 Å². The quantitative estimate of drug-likeness (QED) is 0.488. The second kappa shape index (κ2) is 6.72. The van der Waals surface area contributed by atoms with Crippen LogP contribution in [0.3, 0.4) is 0 Å². The van der Waals surface area contributed by atoms with Crippen molar-refractivity contribution < 1.29 is 18.0 Å². The van der Waals surface area contributed by atoms with Gasteiger partial charge in [0.1, 0.15) is 12.0 Å². The maximum atomic E-state index is 12.8. The molecular formula is C19H12ClF3N4O. The van der Waals surface area contributed by atoms with Gasteiger partial charge in [-0.1, -0.05) is 29.8 Å². The zero-order chi connectivity index (χ0) is 19.9. The summed E-state index contributed by atoms with van der Waals surface area (Å²) in [5.74, 6) is -0.443. The molecule has 28 heavy (non-hydrogen) atoms. The van der Waals surface area contributed by atoms with Crippen LogP contribution in [0, 0.1) is 0 Å². The summed E-state index contributed by atoms with van der Waals surface area (Å²) < 4.78 is 39.9. The Morgan fingerprint density at radius 2 is 1.96 bits per heavy atom. The van der Waals surface area contributed by atoms with Crippen LogP contribution in [-0.2, 0) is 6.18 Å². The molecule has 0 unspecified atom stereocenters. The average molecular weight is 405 g/mol. The summed E-state index contributed by atoms with van der Waals surface area (Å²) in [6, 6.07) is 10.8. The van der Waals surface area contributed by atoms with E-state index in [2.05, 4.69) is 15.3 Å². The summed E-state index contributed by atoms with van der Waals surface area (Å²) in [6.07, 6.45) is -0.101. The number of benzene rings is 2. The van der Waals surface area contributed by atoms with Gasteiger partial charge in [-0.15, -0.1) is 0 Å². The number of rotatable bonds is 3. The van der Waals surface area contributed by atoms with Gasteiger partial charge in [0.2, 0.25) is 0 Å². The van der Waals surface area contributed by atoms with E-state index in [0.29, 0.717) is 11.4 Å². The number of fused-ring (bicyclic) bond motifs is 1. The highest BCUT2D eigenvalue weighted by molar-refractivity contribution is 6.31. The third-order valence-corrected chi connectivity index (χ3v) is 4.52. The Balaban J connectivity index is 1.57. The minimum absolute atomic E-state index is 0.112. The normalized spacial score (nSPS) is 11.7. The molecule has 142 valence electrons. The molecule has 9 heteroatoms. The Labute approximate surface area is 161 Å². The lowest BCUT2D eigenvalue weighted by molar-refractivity contribution is -0.137. The van der Waals surface area contributed by atoms with Gasteiger partial charge < -0.3 is 14.9 Å². The number of para-hydroxylation sites is 1. The fraction of sp³-hybridized carbons (Fsp3) is 0.0526. The highest BCUT2D eigenvalue weighted by Gasteiger charge is 2.33. The zero-order valence-corrected chi connectivity index (χ0v) is 14.8. The van der Waals surface area contributed by atoms with Crippen LogP contribution >= 0.6 is 11.6 Å². The lowest BCUT2D eigenvalue weighted by atomic mass is 10.2. The number of H-pyrrole nitrogens is 1. The van der Waals surface area contributed by atoms with Gasteiger partial charge >= 0.3 is 6.18 Å². The Morgan fingerprint density at radius 3 is 2.71 bits per heavy atom. The fourth-order valence-corrected chi connectivity index (χ4v) is 3.12. The Kier molecular flexibility index (Phi) is 4.35. The molecule has 0 spiro atoms. The Morgan fingerprint density at radius 1 is 1.18 bits per heavy atom. The van der Waals surface area contributed by atoms with Crippen LogP contribution in [0.2, 0.25) is 5.02 Å². The highest BCUT2D eigenvalue weighted by Crippen LogP contribution is 2.35. The van der Waals surface area contributed by atoms with E-state index >= 15 is 0 Å². The van der Waals surface area contributed by atoms with Crippen molar-refractivity contribution >= 4 is 34.1 Å². The molecule has 5 nitrogen and oxygen atoms in total. The third kappa shape index (κ3) is 3.34. The van der Waals surface area contributed by atoms with E-state index in [4.69, 9.17) is 11.6 Å². The number of imidazole rings is 1. The standard InChI is InChI=1S/C19H12ClF3N4O/c20-14-7-11(5-6-13(14)19(21,22)23)27-9-17(25-10-27)18(28)26-16-8-24-15-4-2-1-3-12(15)16/h1-10,24H,(H,26,28). The monoisotopic (exact) mass is 404 g/mol. The van der Waals surface area contributed by atoms with Crippen LogP contribution < -0.4 is 5.32 Å². The number of hydrogen-bond acceptors (Lipinski definition) is 2. The first kappa shape index (κ1) is 18.1. The maximum absolute atomic E-state index is 12.8. The van der Waals surface area contributed by atoms with Crippen molar-refractivity contribution in [1.29, 1.82) is 0 Å². The van der Waals surface area contributed by atoms with Gasteiger partial charge in [-0.2, -0.15) is 13.2 Å². The predicted octanol–water partition coefficient (Wildman–Crippen LogP) is 5.28. The second-order valence-electron chi connectivity index (χ2n) is 6.03. The molecule has 2 heterocycles. The topological polar surface area (TPSA) is 62.7 Å². The van der Waals surface area contributed by atoms with Crippen molar-refractivity contribution in [2.45, 2.75) is 6.18 Å². The summed E-state index contributed by atoms with van der Waals surface area (Å²) in [6.45, 7) is 0. The van der Waals surface area contributed by atoms with Gasteiger partial charge in [0, 0.05) is 29.0 Å². The molecular weight excluding hydrogens is 393 g/mol. The molecule has 0 bridgehead atoms. The van der Waals surface area contributed by atoms with E-state index < -0.39 is 22.7 Å². The lowest BCUT2D eigenvalue weighted by Crippen LogP contribution is -2.12. The first-order valence-electron chi connectivity index (χ1n) is 8.11. The molecule has 0 saturated heterocycles. The number of alkyl halides is 3. The number of hydrogen-bond donors (Lipinski definition) is 2. The average Bonchev–Trinajstić information content (AvgIpc) is 3.28. The summed E-state index contributed by atoms with van der Waals surface area (Å²) >= 11 is 5.75. The summed E-state index contributed by atoms with van der Waals surface area (Å²) in [7, 11) is 0. The van der Waals surface area contributed by atoms with Crippen LogP contribution in [0.1, 0.15) is 16.1 Å². The molecule has 4 rings (SSSR count). The molecule has 2 aromatic carbocycles. The van der Waals surface area contributed by atoms with Gasteiger partial charge in [0.15, 0.2) is 0 Å². The minimum atomic E-state index is -4.53. The third-order valence-electron chi connectivity index (χ3n) is 4.21. The van der Waals surface area contributed by atoms with Crippen LogP contribution in [0.15, 0.2) is 61.2 Å². The SMILES string of the molecule is O=C(Nc1c[nH]c2ccccc12)c1cn(-c2ccc(C(F)(F)F)c(Cl)c2)cn1. The first-order valence-corrected chi connectivity index (χ1v) is 8.49. The lowest BCUT2D eigenvalue weighted by Gasteiger charge is -2.10. The number of amides is 1. The molecule has 0 aliphatic heterocycles. The number of halogens is 4. The van der Waals surface area contributed by atoms with Crippen molar-refractivity contribution in [3.8, 4) is 5.69 Å². The predicted molar refractivity (Wildman–Crippen MR) is 99.8 cm³/mol. The largest absolute Gasteiger partial charge is 0.417 e. The first-order chi connectivity index (χ1) is 13.3. The van der Waals surface area contributed by atoms with Gasteiger partial charge in [-0.05, 0) is 24.3 Å². The zero-order valence-electron chi connectivity index (χ0n) is 14.1. The van der Waals surface area contributed by atoms with Crippen molar-refractivity contribution in [2.24, 2.45) is 0 Å². The van der Waals surface area contributed by atoms with E-state index in [1.807, 2.05) is 24.3 Å². The molecule has 0 aliphatic rings. The Hall–Kier alpha value is -3.26. The van der Waals surface area contributed by atoms with Crippen LogP contribution in [0.25, 0.3) is 16.6 Å². The molecule has 4 aromatic rings. The van der Waals surface area contributed by atoms with Gasteiger partial charge in [0.05, 0.1) is 16.3 Å². The van der Waals surface area contributed by atoms with Gasteiger partial charge in [0.25, 0.3) is 5.91 Å². The number of nitrogens with one attached hydrogen (secondary N) is 2.